The molecule has 0 aliphatic rings. The van der Waals surface area contributed by atoms with Crippen molar-refractivity contribution >= 4 is 23.5 Å². The van der Waals surface area contributed by atoms with Gasteiger partial charge in [0.2, 0.25) is 0 Å². The maximum atomic E-state index is 5.06. The third-order valence-corrected chi connectivity index (χ3v) is 2.28. The van der Waals surface area contributed by atoms with Gasteiger partial charge in [0.25, 0.3) is 0 Å². The Kier molecular flexibility index (Phi) is 9.84. The number of rotatable bonds is 4. The summed E-state index contributed by atoms with van der Waals surface area (Å²) in [5, 5.41) is 0. The molecule has 0 aromatic rings. The van der Waals surface area contributed by atoms with Gasteiger partial charge >= 0.3 is 0 Å². The van der Waals surface area contributed by atoms with E-state index in [-0.39, 0.29) is 0 Å². The van der Waals surface area contributed by atoms with Gasteiger partial charge in [0, 0.05) is 0 Å². The molecule has 0 rings (SSSR count). The highest BCUT2D eigenvalue weighted by Gasteiger charge is 1.79. The molecule has 0 unspecified atom stereocenters. The second-order valence-corrected chi connectivity index (χ2v) is 3.72. The van der Waals surface area contributed by atoms with Gasteiger partial charge in [-0.05, 0) is 0 Å². The van der Waals surface area contributed by atoms with Gasteiger partial charge in [0.1, 0.15) is 0 Å². The van der Waals surface area contributed by atoms with Crippen LogP contribution in [0.5, 0.6) is 0 Å². The number of hydrogen-bond acceptors (Lipinski definition) is 2. The minimum Gasteiger partial charge on any atom is -0.136 e. The topological polar surface area (TPSA) is 0 Å². The van der Waals surface area contributed by atoms with Crippen LogP contribution in [-0.2, 0) is 0 Å². The SMILES string of the molecule is C#CCSCC#CCSCC#C. The van der Waals surface area contributed by atoms with Crippen LogP contribution in [0.1, 0.15) is 0 Å². The molecule has 0 bridgehead atoms. The Labute approximate surface area is 83.3 Å². The average Bonchev–Trinajstić information content (AvgIpc) is 2.10. The first-order valence-corrected chi connectivity index (χ1v) is 5.71. The van der Waals surface area contributed by atoms with Crippen molar-refractivity contribution in [2.24, 2.45) is 0 Å². The maximum Gasteiger partial charge on any atom is 0.0557 e. The summed E-state index contributed by atoms with van der Waals surface area (Å²) in [5.74, 6) is 14.2. The summed E-state index contributed by atoms with van der Waals surface area (Å²) < 4.78 is 0. The van der Waals surface area contributed by atoms with Crippen molar-refractivity contribution in [3.05, 3.63) is 0 Å². The maximum absolute atomic E-state index is 5.06. The van der Waals surface area contributed by atoms with E-state index in [1.54, 1.807) is 23.5 Å². The van der Waals surface area contributed by atoms with Gasteiger partial charge < -0.3 is 0 Å². The molecule has 0 saturated carbocycles. The summed E-state index contributed by atoms with van der Waals surface area (Å²) in [6, 6.07) is 0. The number of terminal acetylenes is 2. The molecule has 0 aromatic carbocycles. The van der Waals surface area contributed by atoms with Crippen LogP contribution in [0.25, 0.3) is 0 Å². The lowest BCUT2D eigenvalue weighted by Gasteiger charge is -1.86. The Hall–Kier alpha value is -0.620. The van der Waals surface area contributed by atoms with Crippen LogP contribution in [0.3, 0.4) is 0 Å². The predicted octanol–water partition coefficient (Wildman–Crippen LogP) is 1.72. The van der Waals surface area contributed by atoms with Gasteiger partial charge in [0.05, 0.1) is 23.0 Å². The monoisotopic (exact) mass is 194 g/mol. The van der Waals surface area contributed by atoms with Crippen LogP contribution in [-0.4, -0.2) is 23.0 Å². The predicted molar refractivity (Wildman–Crippen MR) is 60.1 cm³/mol. The molecule has 0 amide bonds. The van der Waals surface area contributed by atoms with Gasteiger partial charge in [0.15, 0.2) is 0 Å². The molecule has 0 fully saturated rings. The van der Waals surface area contributed by atoms with Crippen LogP contribution >= 0.6 is 23.5 Å². The standard InChI is InChI=1S/C10H10S2/c1-3-7-11-9-5-6-10-12-8-4-2/h1-2H,7-10H2. The number of hydrogen-bond donors (Lipinski definition) is 0. The molecule has 0 heterocycles. The summed E-state index contributed by atoms with van der Waals surface area (Å²) in [5.41, 5.74) is 0. The van der Waals surface area contributed by atoms with Crippen LogP contribution in [0.4, 0.5) is 0 Å². The van der Waals surface area contributed by atoms with E-state index in [0.29, 0.717) is 0 Å². The van der Waals surface area contributed by atoms with E-state index in [1.807, 2.05) is 0 Å². The summed E-state index contributed by atoms with van der Waals surface area (Å²) in [6.45, 7) is 0. The lowest BCUT2D eigenvalue weighted by atomic mass is 10.7. The molecule has 0 aliphatic heterocycles. The lowest BCUT2D eigenvalue weighted by Crippen LogP contribution is -1.77. The van der Waals surface area contributed by atoms with Crippen LogP contribution in [0.2, 0.25) is 0 Å². The minimum absolute atomic E-state index is 0.742. The average molecular weight is 194 g/mol. The van der Waals surface area contributed by atoms with Gasteiger partial charge in [-0.2, -0.15) is 0 Å². The molecule has 0 nitrogen and oxygen atoms in total. The van der Waals surface area contributed by atoms with E-state index < -0.39 is 0 Å². The molecule has 0 radical (unpaired) electrons. The molecule has 2 heteroatoms. The first-order chi connectivity index (χ1) is 5.91. The lowest BCUT2D eigenvalue weighted by molar-refractivity contribution is 1.80. The van der Waals surface area contributed by atoms with Crippen molar-refractivity contribution in [1.29, 1.82) is 0 Å². The molecule has 0 aromatic heterocycles. The Morgan fingerprint density at radius 1 is 0.750 bits per heavy atom. The van der Waals surface area contributed by atoms with Crippen LogP contribution in [0, 0.1) is 36.5 Å². The first-order valence-electron chi connectivity index (χ1n) is 3.40. The Morgan fingerprint density at radius 3 is 1.50 bits per heavy atom. The molecular weight excluding hydrogens is 184 g/mol. The summed E-state index contributed by atoms with van der Waals surface area (Å²) >= 11 is 3.32. The van der Waals surface area contributed by atoms with E-state index in [0.717, 1.165) is 23.0 Å². The fourth-order valence-corrected chi connectivity index (χ4v) is 1.27. The van der Waals surface area contributed by atoms with E-state index >= 15 is 0 Å². The summed E-state index contributed by atoms with van der Waals surface area (Å²) in [7, 11) is 0. The van der Waals surface area contributed by atoms with Gasteiger partial charge in [-0.1, -0.05) is 23.7 Å². The smallest absolute Gasteiger partial charge is 0.0557 e. The highest BCUT2D eigenvalue weighted by atomic mass is 32.2. The molecule has 62 valence electrons. The second-order valence-electron chi connectivity index (χ2n) is 1.75. The zero-order chi connectivity index (χ0) is 9.07. The van der Waals surface area contributed by atoms with Crippen molar-refractivity contribution in [2.45, 2.75) is 0 Å². The second kappa shape index (κ2) is 10.4. The van der Waals surface area contributed by atoms with Crippen molar-refractivity contribution in [2.75, 3.05) is 23.0 Å². The largest absolute Gasteiger partial charge is 0.136 e. The van der Waals surface area contributed by atoms with E-state index in [9.17, 15) is 0 Å². The van der Waals surface area contributed by atoms with Crippen LogP contribution < -0.4 is 0 Å². The molecule has 0 atom stereocenters. The Bertz CT molecular complexity index is 207. The summed E-state index contributed by atoms with van der Waals surface area (Å²) in [6.07, 6.45) is 10.1. The molecule has 0 spiro atoms. The van der Waals surface area contributed by atoms with E-state index in [2.05, 4.69) is 23.7 Å². The van der Waals surface area contributed by atoms with Gasteiger partial charge in [-0.25, -0.2) is 0 Å². The summed E-state index contributed by atoms with van der Waals surface area (Å²) in [4.78, 5) is 0. The van der Waals surface area contributed by atoms with Crippen molar-refractivity contribution in [1.82, 2.24) is 0 Å². The first kappa shape index (κ1) is 11.4. The Morgan fingerprint density at radius 2 is 1.17 bits per heavy atom. The zero-order valence-electron chi connectivity index (χ0n) is 6.80. The zero-order valence-corrected chi connectivity index (χ0v) is 8.43. The molecular formula is C10H10S2. The quantitative estimate of drug-likeness (QED) is 0.494. The normalized spacial score (nSPS) is 7.50. The van der Waals surface area contributed by atoms with Crippen molar-refractivity contribution < 1.29 is 0 Å². The fourth-order valence-electron chi connectivity index (χ4n) is 0.424. The fraction of sp³-hybridized carbons (Fsp3) is 0.400. The molecule has 12 heavy (non-hydrogen) atoms. The highest BCUT2D eigenvalue weighted by Crippen LogP contribution is 1.97. The minimum atomic E-state index is 0.742. The highest BCUT2D eigenvalue weighted by molar-refractivity contribution is 8.00. The van der Waals surface area contributed by atoms with Gasteiger partial charge in [-0.15, -0.1) is 36.4 Å². The third-order valence-electron chi connectivity index (χ3n) is 0.844. The van der Waals surface area contributed by atoms with E-state index in [1.165, 1.54) is 0 Å². The van der Waals surface area contributed by atoms with Crippen molar-refractivity contribution in [3.63, 3.8) is 0 Å². The Balaban J connectivity index is 3.14. The molecule has 0 N–H and O–H groups in total. The van der Waals surface area contributed by atoms with Crippen molar-refractivity contribution in [3.8, 4) is 36.5 Å². The van der Waals surface area contributed by atoms with E-state index in [4.69, 9.17) is 12.8 Å². The number of thioether (sulfide) groups is 2. The van der Waals surface area contributed by atoms with Crippen LogP contribution in [0.15, 0.2) is 0 Å². The molecule has 0 aliphatic carbocycles. The third kappa shape index (κ3) is 9.38. The van der Waals surface area contributed by atoms with Gasteiger partial charge in [-0.3, -0.25) is 0 Å². The molecule has 0 saturated heterocycles.